The molecule has 1 aromatic heterocycles. The zero-order chi connectivity index (χ0) is 14.7. The van der Waals surface area contributed by atoms with Crippen molar-refractivity contribution in [3.63, 3.8) is 0 Å². The Morgan fingerprint density at radius 3 is 2.65 bits per heavy atom. The van der Waals surface area contributed by atoms with Crippen molar-refractivity contribution in [3.05, 3.63) is 40.4 Å². The van der Waals surface area contributed by atoms with E-state index in [1.54, 1.807) is 12.1 Å². The quantitative estimate of drug-likeness (QED) is 0.805. The minimum Gasteiger partial charge on any atom is -0.433 e. The van der Waals surface area contributed by atoms with Crippen LogP contribution in [-0.4, -0.2) is 16.2 Å². The molecule has 0 unspecified atom stereocenters. The lowest BCUT2D eigenvalue weighted by molar-refractivity contribution is -0.0498. The van der Waals surface area contributed by atoms with Crippen LogP contribution in [0.4, 0.5) is 8.78 Å². The number of nitrogens with zero attached hydrogens (tertiary/aromatic N) is 2. The molecule has 2 aromatic rings. The molecule has 0 aliphatic rings. The highest BCUT2D eigenvalue weighted by molar-refractivity contribution is 9.10. The second-order valence-electron chi connectivity index (χ2n) is 4.22. The molecule has 0 radical (unpaired) electrons. The molecule has 3 nitrogen and oxygen atoms in total. The Kier molecular flexibility index (Phi) is 4.75. The smallest absolute Gasteiger partial charge is 0.387 e. The molecular formula is C14H15BrF2N2O. The number of ether oxygens (including phenoxy) is 1. The van der Waals surface area contributed by atoms with Crippen LogP contribution in [-0.2, 0) is 12.8 Å². The molecule has 0 fully saturated rings. The fraction of sp³-hybridized carbons (Fsp3) is 0.357. The Morgan fingerprint density at radius 2 is 2.05 bits per heavy atom. The predicted molar refractivity (Wildman–Crippen MR) is 76.7 cm³/mol. The minimum absolute atomic E-state index is 0.129. The lowest BCUT2D eigenvalue weighted by Crippen LogP contribution is -2.07. The Hall–Kier alpha value is -1.43. The maximum absolute atomic E-state index is 12.5. The van der Waals surface area contributed by atoms with Crippen LogP contribution in [0.2, 0.25) is 0 Å². The average molecular weight is 345 g/mol. The van der Waals surface area contributed by atoms with Crippen LogP contribution in [0.3, 0.4) is 0 Å². The van der Waals surface area contributed by atoms with Gasteiger partial charge < -0.3 is 4.74 Å². The molecule has 0 N–H and O–H groups in total. The molecule has 0 amide bonds. The van der Waals surface area contributed by atoms with Gasteiger partial charge >= 0.3 is 6.61 Å². The summed E-state index contributed by atoms with van der Waals surface area (Å²) in [7, 11) is 0. The fourth-order valence-electron chi connectivity index (χ4n) is 1.98. The van der Waals surface area contributed by atoms with E-state index in [-0.39, 0.29) is 5.75 Å². The third-order valence-electron chi connectivity index (χ3n) is 2.90. The summed E-state index contributed by atoms with van der Waals surface area (Å²) < 4.78 is 32.2. The Morgan fingerprint density at radius 1 is 1.30 bits per heavy atom. The van der Waals surface area contributed by atoms with Crippen LogP contribution in [0.1, 0.15) is 25.4 Å². The lowest BCUT2D eigenvalue weighted by Gasteiger charge is -2.13. The maximum atomic E-state index is 12.5. The van der Waals surface area contributed by atoms with Gasteiger partial charge in [0.1, 0.15) is 5.82 Å². The molecule has 0 aliphatic carbocycles. The van der Waals surface area contributed by atoms with Crippen LogP contribution in [0, 0.1) is 0 Å². The van der Waals surface area contributed by atoms with Gasteiger partial charge in [-0.2, -0.15) is 8.78 Å². The number of benzene rings is 1. The van der Waals surface area contributed by atoms with E-state index < -0.39 is 6.61 Å². The first kappa shape index (κ1) is 15.0. The van der Waals surface area contributed by atoms with Gasteiger partial charge in [-0.3, -0.25) is 4.57 Å². The van der Waals surface area contributed by atoms with Gasteiger partial charge in [-0.25, -0.2) is 4.98 Å². The monoisotopic (exact) mass is 344 g/mol. The Balaban J connectivity index is 2.53. The number of aromatic nitrogens is 2. The van der Waals surface area contributed by atoms with Crippen molar-refractivity contribution in [1.29, 1.82) is 0 Å². The summed E-state index contributed by atoms with van der Waals surface area (Å²) in [6.07, 6.45) is 3.37. The average Bonchev–Trinajstić information content (AvgIpc) is 2.81. The summed E-state index contributed by atoms with van der Waals surface area (Å²) in [5, 5.41) is 0. The highest BCUT2D eigenvalue weighted by Gasteiger charge is 2.15. The largest absolute Gasteiger partial charge is 0.433 e. The summed E-state index contributed by atoms with van der Waals surface area (Å²) in [5.41, 5.74) is 1.49. The van der Waals surface area contributed by atoms with Crippen molar-refractivity contribution in [3.8, 4) is 11.4 Å². The van der Waals surface area contributed by atoms with Gasteiger partial charge in [0.05, 0.1) is 11.4 Å². The Labute approximate surface area is 124 Å². The van der Waals surface area contributed by atoms with Crippen molar-refractivity contribution in [2.45, 2.75) is 33.3 Å². The second kappa shape index (κ2) is 6.35. The number of aryl methyl sites for hydroxylation is 2. The van der Waals surface area contributed by atoms with E-state index in [9.17, 15) is 8.78 Å². The van der Waals surface area contributed by atoms with Crippen LogP contribution in [0.5, 0.6) is 5.75 Å². The number of rotatable bonds is 5. The third-order valence-corrected chi connectivity index (χ3v) is 3.40. The van der Waals surface area contributed by atoms with Gasteiger partial charge in [-0.05, 0) is 24.6 Å². The number of hydrogen-bond donors (Lipinski definition) is 0. The zero-order valence-corrected chi connectivity index (χ0v) is 12.8. The second-order valence-corrected chi connectivity index (χ2v) is 5.13. The molecular weight excluding hydrogens is 330 g/mol. The summed E-state index contributed by atoms with van der Waals surface area (Å²) >= 11 is 3.26. The molecule has 1 aromatic carbocycles. The molecule has 0 bridgehead atoms. The first-order valence-electron chi connectivity index (χ1n) is 6.37. The van der Waals surface area contributed by atoms with Gasteiger partial charge in [-0.1, -0.05) is 29.8 Å². The number of halogens is 3. The van der Waals surface area contributed by atoms with Gasteiger partial charge in [0.25, 0.3) is 0 Å². The topological polar surface area (TPSA) is 27.1 Å². The predicted octanol–water partition coefficient (Wildman–Crippen LogP) is 4.36. The van der Waals surface area contributed by atoms with Gasteiger partial charge in [0, 0.05) is 17.1 Å². The van der Waals surface area contributed by atoms with Crippen molar-refractivity contribution in [2.75, 3.05) is 0 Å². The number of imidazole rings is 1. The van der Waals surface area contributed by atoms with Crippen LogP contribution in [0.15, 0.2) is 28.9 Å². The SMILES string of the molecule is CCc1cn(-c2ccc(Br)cc2OC(F)F)c(CC)n1. The van der Waals surface area contributed by atoms with Crippen molar-refractivity contribution in [2.24, 2.45) is 0 Å². The molecule has 108 valence electrons. The van der Waals surface area contributed by atoms with Gasteiger partial charge in [0.2, 0.25) is 0 Å². The van der Waals surface area contributed by atoms with E-state index >= 15 is 0 Å². The molecule has 0 aliphatic heterocycles. The third kappa shape index (κ3) is 3.17. The minimum atomic E-state index is -2.86. The highest BCUT2D eigenvalue weighted by atomic mass is 79.9. The van der Waals surface area contributed by atoms with Crippen LogP contribution < -0.4 is 4.74 Å². The van der Waals surface area contributed by atoms with E-state index in [1.165, 1.54) is 6.07 Å². The first-order chi connectivity index (χ1) is 9.55. The van der Waals surface area contributed by atoms with E-state index in [0.717, 1.165) is 17.9 Å². The summed E-state index contributed by atoms with van der Waals surface area (Å²) in [4.78, 5) is 4.47. The first-order valence-corrected chi connectivity index (χ1v) is 7.16. The fourth-order valence-corrected chi connectivity index (χ4v) is 2.32. The van der Waals surface area contributed by atoms with E-state index in [0.29, 0.717) is 16.6 Å². The van der Waals surface area contributed by atoms with Gasteiger partial charge in [0.15, 0.2) is 5.75 Å². The van der Waals surface area contributed by atoms with Crippen LogP contribution in [0.25, 0.3) is 5.69 Å². The van der Waals surface area contributed by atoms with Crippen molar-refractivity contribution < 1.29 is 13.5 Å². The van der Waals surface area contributed by atoms with Gasteiger partial charge in [-0.15, -0.1) is 0 Å². The Bertz CT molecular complexity index is 599. The zero-order valence-electron chi connectivity index (χ0n) is 11.2. The van der Waals surface area contributed by atoms with E-state index in [2.05, 4.69) is 25.7 Å². The summed E-state index contributed by atoms with van der Waals surface area (Å²) in [6, 6.07) is 5.06. The normalized spacial score (nSPS) is 11.1. The molecule has 0 spiro atoms. The summed E-state index contributed by atoms with van der Waals surface area (Å²) in [5.74, 6) is 0.951. The number of alkyl halides is 2. The molecule has 2 rings (SSSR count). The van der Waals surface area contributed by atoms with Crippen molar-refractivity contribution >= 4 is 15.9 Å². The number of hydrogen-bond acceptors (Lipinski definition) is 2. The highest BCUT2D eigenvalue weighted by Crippen LogP contribution is 2.29. The molecule has 1 heterocycles. The molecule has 6 heteroatoms. The van der Waals surface area contributed by atoms with E-state index in [4.69, 9.17) is 0 Å². The standard InChI is InChI=1S/C14H15BrF2N2O/c1-3-10-8-19(13(4-2)18-10)11-6-5-9(15)7-12(11)20-14(16)17/h5-8,14H,3-4H2,1-2H3. The molecule has 0 saturated heterocycles. The maximum Gasteiger partial charge on any atom is 0.387 e. The summed E-state index contributed by atoms with van der Waals surface area (Å²) in [6.45, 7) is 1.12. The molecule has 0 saturated carbocycles. The van der Waals surface area contributed by atoms with Crippen LogP contribution >= 0.6 is 15.9 Å². The van der Waals surface area contributed by atoms with Crippen molar-refractivity contribution in [1.82, 2.24) is 9.55 Å². The molecule has 20 heavy (non-hydrogen) atoms. The lowest BCUT2D eigenvalue weighted by atomic mass is 10.2. The van der Waals surface area contributed by atoms with E-state index in [1.807, 2.05) is 24.6 Å². The molecule has 0 atom stereocenters.